The van der Waals surface area contributed by atoms with Crippen molar-refractivity contribution in [2.24, 2.45) is 0 Å². The van der Waals surface area contributed by atoms with Gasteiger partial charge in [-0.2, -0.15) is 0 Å². The van der Waals surface area contributed by atoms with Gasteiger partial charge in [0.15, 0.2) is 0 Å². The summed E-state index contributed by atoms with van der Waals surface area (Å²) < 4.78 is 5.78. The van der Waals surface area contributed by atoms with E-state index in [1.54, 1.807) is 6.92 Å². The Morgan fingerprint density at radius 3 is 2.84 bits per heavy atom. The van der Waals surface area contributed by atoms with E-state index in [9.17, 15) is 5.11 Å². The highest BCUT2D eigenvalue weighted by molar-refractivity contribution is 6.31. The van der Waals surface area contributed by atoms with Crippen molar-refractivity contribution in [3.05, 3.63) is 46.7 Å². The quantitative estimate of drug-likeness (QED) is 0.882. The highest BCUT2D eigenvalue weighted by Gasteiger charge is 2.09. The molecule has 0 radical (unpaired) electrons. The number of hydrogen-bond donors (Lipinski definition) is 2. The van der Waals surface area contributed by atoms with Crippen molar-refractivity contribution in [2.45, 2.75) is 26.5 Å². The number of benzene rings is 1. The molecule has 0 unspecified atom stereocenters. The molecule has 1 aromatic heterocycles. The largest absolute Gasteiger partial charge is 0.460 e. The molecule has 0 saturated carbocycles. The first-order valence-electron chi connectivity index (χ1n) is 6.31. The van der Waals surface area contributed by atoms with E-state index in [2.05, 4.69) is 5.32 Å². The second kappa shape index (κ2) is 6.24. The van der Waals surface area contributed by atoms with Crippen LogP contribution >= 0.6 is 11.6 Å². The first kappa shape index (κ1) is 14.1. The van der Waals surface area contributed by atoms with Crippen molar-refractivity contribution in [2.75, 3.05) is 6.54 Å². The fraction of sp³-hybridized carbons (Fsp3) is 0.333. The number of hydrogen-bond acceptors (Lipinski definition) is 3. The minimum Gasteiger partial charge on any atom is -0.460 e. The zero-order chi connectivity index (χ0) is 13.8. The van der Waals surface area contributed by atoms with E-state index < -0.39 is 0 Å². The van der Waals surface area contributed by atoms with Gasteiger partial charge in [0.1, 0.15) is 11.5 Å². The summed E-state index contributed by atoms with van der Waals surface area (Å²) in [7, 11) is 0. The highest BCUT2D eigenvalue weighted by atomic mass is 35.5. The molecule has 1 atom stereocenters. The Kier molecular flexibility index (Phi) is 4.64. The van der Waals surface area contributed by atoms with Crippen LogP contribution in [0.5, 0.6) is 0 Å². The lowest BCUT2D eigenvalue weighted by Gasteiger charge is -2.06. The molecule has 0 spiro atoms. The molecule has 19 heavy (non-hydrogen) atoms. The summed E-state index contributed by atoms with van der Waals surface area (Å²) in [5, 5.41) is 13.0. The highest BCUT2D eigenvalue weighted by Crippen LogP contribution is 2.29. The van der Waals surface area contributed by atoms with E-state index >= 15 is 0 Å². The van der Waals surface area contributed by atoms with Gasteiger partial charge in [0.05, 0.1) is 12.6 Å². The van der Waals surface area contributed by atoms with Crippen LogP contribution in [0.3, 0.4) is 0 Å². The second-order valence-corrected chi connectivity index (χ2v) is 5.07. The van der Waals surface area contributed by atoms with Gasteiger partial charge in [-0.25, -0.2) is 0 Å². The van der Waals surface area contributed by atoms with E-state index in [4.69, 9.17) is 16.0 Å². The van der Waals surface area contributed by atoms with E-state index in [1.165, 1.54) is 0 Å². The zero-order valence-electron chi connectivity index (χ0n) is 11.1. The van der Waals surface area contributed by atoms with Gasteiger partial charge in [0, 0.05) is 17.1 Å². The molecule has 3 nitrogen and oxygen atoms in total. The van der Waals surface area contributed by atoms with Gasteiger partial charge in [0.2, 0.25) is 0 Å². The molecule has 2 N–H and O–H groups in total. The van der Waals surface area contributed by atoms with E-state index in [1.807, 2.05) is 37.3 Å². The predicted octanol–water partition coefficient (Wildman–Crippen LogP) is 3.38. The van der Waals surface area contributed by atoms with Gasteiger partial charge in [-0.15, -0.1) is 0 Å². The molecule has 2 aromatic rings. The van der Waals surface area contributed by atoms with Gasteiger partial charge in [-0.3, -0.25) is 0 Å². The third kappa shape index (κ3) is 3.60. The zero-order valence-corrected chi connectivity index (χ0v) is 11.9. The molecule has 0 aliphatic carbocycles. The topological polar surface area (TPSA) is 45.4 Å². The van der Waals surface area contributed by atoms with Crippen molar-refractivity contribution in [1.82, 2.24) is 5.32 Å². The van der Waals surface area contributed by atoms with Crippen LogP contribution in [-0.2, 0) is 6.54 Å². The normalized spacial score (nSPS) is 12.6. The number of furan rings is 1. The Morgan fingerprint density at radius 2 is 2.11 bits per heavy atom. The smallest absolute Gasteiger partial charge is 0.134 e. The Morgan fingerprint density at radius 1 is 1.32 bits per heavy atom. The predicted molar refractivity (Wildman–Crippen MR) is 77.3 cm³/mol. The Balaban J connectivity index is 2.10. The third-order valence-corrected chi connectivity index (χ3v) is 3.34. The number of aliphatic hydroxyl groups excluding tert-OH is 1. The third-order valence-electron chi connectivity index (χ3n) is 2.93. The first-order valence-corrected chi connectivity index (χ1v) is 6.68. The van der Waals surface area contributed by atoms with Crippen LogP contribution in [-0.4, -0.2) is 17.8 Å². The van der Waals surface area contributed by atoms with Gasteiger partial charge < -0.3 is 14.8 Å². The van der Waals surface area contributed by atoms with E-state index in [0.29, 0.717) is 13.1 Å². The summed E-state index contributed by atoms with van der Waals surface area (Å²) in [5.74, 6) is 1.66. The molecule has 1 aromatic carbocycles. The maximum atomic E-state index is 9.17. The van der Waals surface area contributed by atoms with Crippen LogP contribution in [0.2, 0.25) is 5.02 Å². The summed E-state index contributed by atoms with van der Waals surface area (Å²) in [6.07, 6.45) is -0.357. The van der Waals surface area contributed by atoms with Crippen molar-refractivity contribution in [3.63, 3.8) is 0 Å². The molecule has 0 aliphatic rings. The standard InChI is InChI=1S/C15H18ClNO2/c1-10(18)8-17-9-12-6-7-15(19-12)13-4-3-5-14(16)11(13)2/h3-7,10,17-18H,8-9H2,1-2H3/t10-/m1/s1. The number of halogens is 1. The Hall–Kier alpha value is -1.29. The van der Waals surface area contributed by atoms with Crippen LogP contribution in [0.15, 0.2) is 34.7 Å². The summed E-state index contributed by atoms with van der Waals surface area (Å²) >= 11 is 6.11. The van der Waals surface area contributed by atoms with E-state index in [-0.39, 0.29) is 6.10 Å². The van der Waals surface area contributed by atoms with Crippen LogP contribution in [0.25, 0.3) is 11.3 Å². The lowest BCUT2D eigenvalue weighted by atomic mass is 10.1. The van der Waals surface area contributed by atoms with Gasteiger partial charge in [-0.1, -0.05) is 23.7 Å². The van der Waals surface area contributed by atoms with Crippen LogP contribution in [0.1, 0.15) is 18.2 Å². The van der Waals surface area contributed by atoms with Crippen molar-refractivity contribution >= 4 is 11.6 Å². The van der Waals surface area contributed by atoms with Crippen molar-refractivity contribution in [3.8, 4) is 11.3 Å². The average Bonchev–Trinajstić information content (AvgIpc) is 2.81. The fourth-order valence-corrected chi connectivity index (χ4v) is 2.07. The number of aliphatic hydroxyl groups is 1. The molecule has 1 heterocycles. The van der Waals surface area contributed by atoms with Gasteiger partial charge in [0.25, 0.3) is 0 Å². The summed E-state index contributed by atoms with van der Waals surface area (Å²) in [6, 6.07) is 9.66. The maximum Gasteiger partial charge on any atom is 0.134 e. The second-order valence-electron chi connectivity index (χ2n) is 4.66. The molecule has 4 heteroatoms. The first-order chi connectivity index (χ1) is 9.08. The van der Waals surface area contributed by atoms with Gasteiger partial charge in [-0.05, 0) is 37.6 Å². The van der Waals surface area contributed by atoms with E-state index in [0.717, 1.165) is 27.7 Å². The van der Waals surface area contributed by atoms with Crippen LogP contribution in [0, 0.1) is 6.92 Å². The Labute approximate surface area is 118 Å². The van der Waals surface area contributed by atoms with Crippen LogP contribution in [0.4, 0.5) is 0 Å². The summed E-state index contributed by atoms with van der Waals surface area (Å²) in [4.78, 5) is 0. The number of rotatable bonds is 5. The molecule has 0 aliphatic heterocycles. The lowest BCUT2D eigenvalue weighted by molar-refractivity contribution is 0.190. The maximum absolute atomic E-state index is 9.17. The van der Waals surface area contributed by atoms with Crippen LogP contribution < -0.4 is 5.32 Å². The molecule has 0 fully saturated rings. The monoisotopic (exact) mass is 279 g/mol. The molecular weight excluding hydrogens is 262 g/mol. The van der Waals surface area contributed by atoms with Crippen molar-refractivity contribution in [1.29, 1.82) is 0 Å². The molecule has 0 saturated heterocycles. The number of nitrogens with one attached hydrogen (secondary N) is 1. The van der Waals surface area contributed by atoms with Gasteiger partial charge >= 0.3 is 0 Å². The van der Waals surface area contributed by atoms with Crippen molar-refractivity contribution < 1.29 is 9.52 Å². The fourth-order valence-electron chi connectivity index (χ4n) is 1.90. The molecule has 2 rings (SSSR count). The minimum absolute atomic E-state index is 0.357. The molecule has 0 amide bonds. The molecule has 102 valence electrons. The molecular formula is C15H18ClNO2. The lowest BCUT2D eigenvalue weighted by Crippen LogP contribution is -2.23. The average molecular weight is 280 g/mol. The minimum atomic E-state index is -0.357. The SMILES string of the molecule is Cc1c(Cl)cccc1-c1ccc(CNC[C@@H](C)O)o1. The summed E-state index contributed by atoms with van der Waals surface area (Å²) in [5.41, 5.74) is 2.02. The summed E-state index contributed by atoms with van der Waals surface area (Å²) in [6.45, 7) is 4.87. The Bertz CT molecular complexity index is 549. The molecule has 0 bridgehead atoms.